The van der Waals surface area contributed by atoms with Crippen molar-refractivity contribution in [2.75, 3.05) is 17.2 Å². The van der Waals surface area contributed by atoms with Gasteiger partial charge in [-0.25, -0.2) is 4.98 Å². The Bertz CT molecular complexity index is 842. The minimum absolute atomic E-state index is 0.170. The molecule has 0 saturated heterocycles. The van der Waals surface area contributed by atoms with Gasteiger partial charge >= 0.3 is 0 Å². The maximum absolute atomic E-state index is 5.86. The largest absolute Gasteiger partial charge is 0.486 e. The summed E-state index contributed by atoms with van der Waals surface area (Å²) in [5, 5.41) is 4.18. The van der Waals surface area contributed by atoms with Gasteiger partial charge in [0.05, 0.1) is 5.69 Å². The van der Waals surface area contributed by atoms with E-state index in [0.717, 1.165) is 16.8 Å². The zero-order valence-electron chi connectivity index (χ0n) is 12.7. The molecule has 0 saturated carbocycles. The Kier molecular flexibility index (Phi) is 3.76. The summed E-state index contributed by atoms with van der Waals surface area (Å²) in [5.74, 6) is 0.875. The number of benzene rings is 1. The monoisotopic (exact) mass is 310 g/mol. The van der Waals surface area contributed by atoms with Crippen LogP contribution in [0, 0.1) is 0 Å². The molecular formula is C16H18N6O. The van der Waals surface area contributed by atoms with Crippen LogP contribution in [-0.2, 0) is 13.7 Å². The van der Waals surface area contributed by atoms with Crippen molar-refractivity contribution in [3.8, 4) is 17.0 Å². The van der Waals surface area contributed by atoms with Crippen molar-refractivity contribution in [1.82, 2.24) is 14.8 Å². The smallest absolute Gasteiger partial charge is 0.152 e. The normalized spacial score (nSPS) is 10.7. The molecule has 118 valence electrons. The lowest BCUT2D eigenvalue weighted by molar-refractivity contribution is 0.308. The maximum atomic E-state index is 5.86. The van der Waals surface area contributed by atoms with Gasteiger partial charge in [0.2, 0.25) is 0 Å². The number of anilines is 3. The first-order chi connectivity index (χ1) is 11.0. The van der Waals surface area contributed by atoms with E-state index in [1.807, 2.05) is 42.1 Å². The van der Waals surface area contributed by atoms with E-state index >= 15 is 0 Å². The van der Waals surface area contributed by atoms with Gasteiger partial charge in [0.1, 0.15) is 23.9 Å². The first-order valence-corrected chi connectivity index (χ1v) is 7.06. The van der Waals surface area contributed by atoms with Crippen LogP contribution in [0.4, 0.5) is 17.3 Å². The van der Waals surface area contributed by atoms with Crippen molar-refractivity contribution in [3.05, 3.63) is 48.2 Å². The average molecular weight is 310 g/mol. The second kappa shape index (κ2) is 5.88. The van der Waals surface area contributed by atoms with E-state index < -0.39 is 0 Å². The van der Waals surface area contributed by atoms with Crippen LogP contribution in [0.2, 0.25) is 0 Å². The number of ether oxygens (including phenoxy) is 1. The molecule has 0 aliphatic rings. The molecule has 7 heteroatoms. The predicted octanol–water partition coefficient (Wildman–Crippen LogP) is 1.81. The number of pyridine rings is 1. The van der Waals surface area contributed by atoms with Gasteiger partial charge in [-0.05, 0) is 17.7 Å². The van der Waals surface area contributed by atoms with Crippen LogP contribution in [0.3, 0.4) is 0 Å². The van der Waals surface area contributed by atoms with E-state index in [4.69, 9.17) is 21.9 Å². The molecule has 0 unspecified atom stereocenters. The minimum atomic E-state index is 0.170. The molecule has 0 radical (unpaired) electrons. The number of nitrogens with two attached hydrogens (primary N) is 3. The minimum Gasteiger partial charge on any atom is -0.486 e. The number of nitrogens with zero attached hydrogens (tertiary/aromatic N) is 3. The van der Waals surface area contributed by atoms with Crippen LogP contribution in [0.15, 0.2) is 42.6 Å². The van der Waals surface area contributed by atoms with E-state index in [2.05, 4.69) is 10.1 Å². The first-order valence-electron chi connectivity index (χ1n) is 7.06. The van der Waals surface area contributed by atoms with Crippen LogP contribution in [0.25, 0.3) is 11.3 Å². The second-order valence-corrected chi connectivity index (χ2v) is 5.17. The molecule has 0 fully saturated rings. The molecule has 7 nitrogen and oxygen atoms in total. The van der Waals surface area contributed by atoms with E-state index in [1.165, 1.54) is 0 Å². The Balaban J connectivity index is 1.81. The third-order valence-electron chi connectivity index (χ3n) is 3.51. The van der Waals surface area contributed by atoms with Crippen LogP contribution >= 0.6 is 0 Å². The number of aromatic nitrogens is 3. The van der Waals surface area contributed by atoms with Gasteiger partial charge in [0.15, 0.2) is 5.82 Å². The molecule has 0 aliphatic heterocycles. The number of rotatable bonds is 4. The molecule has 1 aromatic carbocycles. The van der Waals surface area contributed by atoms with Crippen LogP contribution in [-0.4, -0.2) is 14.8 Å². The van der Waals surface area contributed by atoms with Gasteiger partial charge in [-0.3, -0.25) is 4.68 Å². The van der Waals surface area contributed by atoms with Gasteiger partial charge < -0.3 is 21.9 Å². The lowest BCUT2D eigenvalue weighted by atomic mass is 10.1. The summed E-state index contributed by atoms with van der Waals surface area (Å²) in [6.07, 6.45) is 1.77. The van der Waals surface area contributed by atoms with E-state index in [1.54, 1.807) is 12.3 Å². The predicted molar refractivity (Wildman–Crippen MR) is 90.5 cm³/mol. The summed E-state index contributed by atoms with van der Waals surface area (Å²) >= 11 is 0. The van der Waals surface area contributed by atoms with Crippen LogP contribution < -0.4 is 21.9 Å². The molecule has 0 amide bonds. The highest BCUT2D eigenvalue weighted by Gasteiger charge is 2.09. The second-order valence-electron chi connectivity index (χ2n) is 5.17. The SMILES string of the molecule is Cn1nccc1-c1cccc(COc2cc(N)nc(N)c2N)c1. The van der Waals surface area contributed by atoms with Crippen molar-refractivity contribution >= 4 is 17.3 Å². The van der Waals surface area contributed by atoms with Gasteiger partial charge in [0, 0.05) is 24.9 Å². The Morgan fingerprint density at radius 3 is 2.70 bits per heavy atom. The Hall–Kier alpha value is -3.22. The summed E-state index contributed by atoms with van der Waals surface area (Å²) < 4.78 is 7.56. The standard InChI is InChI=1S/C16H18N6O/c1-22-12(5-6-20-22)11-4-2-3-10(7-11)9-23-13-8-14(17)21-16(19)15(13)18/h2-8H,9,18H2,1H3,(H4,17,19,21). The molecule has 3 aromatic rings. The van der Waals surface area contributed by atoms with E-state index in [9.17, 15) is 0 Å². The Morgan fingerprint density at radius 1 is 1.13 bits per heavy atom. The Labute approximate surface area is 133 Å². The highest BCUT2D eigenvalue weighted by atomic mass is 16.5. The van der Waals surface area contributed by atoms with Gasteiger partial charge in [-0.15, -0.1) is 0 Å². The number of hydrogen-bond acceptors (Lipinski definition) is 6. The summed E-state index contributed by atoms with van der Waals surface area (Å²) in [7, 11) is 1.90. The number of nitrogen functional groups attached to an aromatic ring is 3. The van der Waals surface area contributed by atoms with Gasteiger partial charge in [0.25, 0.3) is 0 Å². The third-order valence-corrected chi connectivity index (χ3v) is 3.51. The third kappa shape index (κ3) is 3.03. The molecule has 0 atom stereocenters. The summed E-state index contributed by atoms with van der Waals surface area (Å²) in [4.78, 5) is 3.89. The maximum Gasteiger partial charge on any atom is 0.152 e. The van der Waals surface area contributed by atoms with E-state index in [-0.39, 0.29) is 11.6 Å². The van der Waals surface area contributed by atoms with Gasteiger partial charge in [-0.2, -0.15) is 5.10 Å². The quantitative estimate of drug-likeness (QED) is 0.676. The zero-order chi connectivity index (χ0) is 16.4. The molecule has 3 rings (SSSR count). The molecule has 6 N–H and O–H groups in total. The molecule has 2 aromatic heterocycles. The fourth-order valence-electron chi connectivity index (χ4n) is 2.33. The van der Waals surface area contributed by atoms with Gasteiger partial charge in [-0.1, -0.05) is 18.2 Å². The average Bonchev–Trinajstić information content (AvgIpc) is 2.96. The number of hydrogen-bond donors (Lipinski definition) is 3. The zero-order valence-corrected chi connectivity index (χ0v) is 12.7. The molecule has 0 spiro atoms. The first kappa shape index (κ1) is 14.7. The van der Waals surface area contributed by atoms with Crippen molar-refractivity contribution in [2.24, 2.45) is 7.05 Å². The summed E-state index contributed by atoms with van der Waals surface area (Å²) in [5.41, 5.74) is 20.6. The number of aryl methyl sites for hydroxylation is 1. The molecule has 23 heavy (non-hydrogen) atoms. The highest BCUT2D eigenvalue weighted by molar-refractivity contribution is 5.70. The Morgan fingerprint density at radius 2 is 1.96 bits per heavy atom. The fraction of sp³-hybridized carbons (Fsp3) is 0.125. The summed E-state index contributed by atoms with van der Waals surface area (Å²) in [6.45, 7) is 0.346. The van der Waals surface area contributed by atoms with E-state index in [0.29, 0.717) is 18.0 Å². The molecule has 0 bridgehead atoms. The van der Waals surface area contributed by atoms with Crippen LogP contribution in [0.1, 0.15) is 5.56 Å². The fourth-order valence-corrected chi connectivity index (χ4v) is 2.33. The molecular weight excluding hydrogens is 292 g/mol. The van der Waals surface area contributed by atoms with Crippen LogP contribution in [0.5, 0.6) is 5.75 Å². The lowest BCUT2D eigenvalue weighted by Crippen LogP contribution is -2.05. The van der Waals surface area contributed by atoms with Crippen molar-refractivity contribution in [1.29, 1.82) is 0 Å². The van der Waals surface area contributed by atoms with Crippen molar-refractivity contribution in [3.63, 3.8) is 0 Å². The van der Waals surface area contributed by atoms with Crippen molar-refractivity contribution in [2.45, 2.75) is 6.61 Å². The molecule has 2 heterocycles. The highest BCUT2D eigenvalue weighted by Crippen LogP contribution is 2.29. The summed E-state index contributed by atoms with van der Waals surface area (Å²) in [6, 6.07) is 11.5. The van der Waals surface area contributed by atoms with Crippen molar-refractivity contribution < 1.29 is 4.74 Å². The molecule has 0 aliphatic carbocycles. The topological polar surface area (TPSA) is 118 Å². The lowest BCUT2D eigenvalue weighted by Gasteiger charge is -2.12.